The second kappa shape index (κ2) is 7.07. The number of anilines is 1. The summed E-state index contributed by atoms with van der Waals surface area (Å²) in [5.74, 6) is 1.28. The van der Waals surface area contributed by atoms with Gasteiger partial charge >= 0.3 is 0 Å². The standard InChI is InChI=1S/C17H27FN2/c1-3-20(16-7-5-4-6-15(16)18)17(12-19)14-10-8-13(2)9-11-14/h4-7,13-14,17H,3,8-12,19H2,1-2H3. The van der Waals surface area contributed by atoms with Crippen molar-refractivity contribution in [3.8, 4) is 0 Å². The van der Waals surface area contributed by atoms with Gasteiger partial charge < -0.3 is 10.6 Å². The first-order valence-corrected chi connectivity index (χ1v) is 7.88. The van der Waals surface area contributed by atoms with E-state index in [-0.39, 0.29) is 11.9 Å². The van der Waals surface area contributed by atoms with E-state index in [1.165, 1.54) is 31.7 Å². The van der Waals surface area contributed by atoms with Crippen molar-refractivity contribution in [2.75, 3.05) is 18.0 Å². The summed E-state index contributed by atoms with van der Waals surface area (Å²) in [6.07, 6.45) is 4.98. The van der Waals surface area contributed by atoms with E-state index in [2.05, 4.69) is 18.7 Å². The lowest BCUT2D eigenvalue weighted by Crippen LogP contribution is -2.47. The molecule has 0 saturated heterocycles. The number of rotatable bonds is 5. The van der Waals surface area contributed by atoms with Crippen molar-refractivity contribution in [1.82, 2.24) is 0 Å². The Labute approximate surface area is 122 Å². The fourth-order valence-electron chi connectivity index (χ4n) is 3.51. The Bertz CT molecular complexity index is 413. The van der Waals surface area contributed by atoms with Gasteiger partial charge in [-0.25, -0.2) is 4.39 Å². The van der Waals surface area contributed by atoms with Gasteiger partial charge in [0.25, 0.3) is 0 Å². The third kappa shape index (κ3) is 3.32. The summed E-state index contributed by atoms with van der Waals surface area (Å²) in [6.45, 7) is 5.80. The summed E-state index contributed by atoms with van der Waals surface area (Å²) < 4.78 is 14.1. The molecule has 0 aromatic heterocycles. The lowest BCUT2D eigenvalue weighted by molar-refractivity contribution is 0.249. The molecular formula is C17H27FN2. The molecule has 2 rings (SSSR count). The molecule has 20 heavy (non-hydrogen) atoms. The molecule has 1 unspecified atom stereocenters. The monoisotopic (exact) mass is 278 g/mol. The number of likely N-dealkylation sites (N-methyl/N-ethyl adjacent to an activating group) is 1. The van der Waals surface area contributed by atoms with Crippen molar-refractivity contribution in [2.45, 2.75) is 45.6 Å². The highest BCUT2D eigenvalue weighted by molar-refractivity contribution is 5.48. The van der Waals surface area contributed by atoms with E-state index < -0.39 is 0 Å². The maximum Gasteiger partial charge on any atom is 0.146 e. The Hall–Kier alpha value is -1.09. The Kier molecular flexibility index (Phi) is 5.41. The van der Waals surface area contributed by atoms with Crippen LogP contribution in [0.25, 0.3) is 0 Å². The van der Waals surface area contributed by atoms with Crippen molar-refractivity contribution in [3.05, 3.63) is 30.1 Å². The SMILES string of the molecule is CCN(c1ccccc1F)C(CN)C1CCC(C)CC1. The highest BCUT2D eigenvalue weighted by Crippen LogP contribution is 2.34. The minimum atomic E-state index is -0.142. The normalized spacial score (nSPS) is 24.4. The number of hydrogen-bond donors (Lipinski definition) is 1. The van der Waals surface area contributed by atoms with Gasteiger partial charge in [-0.15, -0.1) is 0 Å². The van der Waals surface area contributed by atoms with Crippen LogP contribution in [0.1, 0.15) is 39.5 Å². The largest absolute Gasteiger partial charge is 0.365 e. The van der Waals surface area contributed by atoms with Crippen LogP contribution in [0.2, 0.25) is 0 Å². The molecule has 0 bridgehead atoms. The second-order valence-corrected chi connectivity index (χ2v) is 6.06. The first-order chi connectivity index (χ1) is 9.67. The Balaban J connectivity index is 2.17. The van der Waals surface area contributed by atoms with E-state index in [1.807, 2.05) is 12.1 Å². The summed E-state index contributed by atoms with van der Waals surface area (Å²) in [7, 11) is 0. The number of nitrogens with two attached hydrogens (primary N) is 1. The number of para-hydroxylation sites is 1. The molecule has 1 fully saturated rings. The molecule has 2 nitrogen and oxygen atoms in total. The first kappa shape index (κ1) is 15.3. The van der Waals surface area contributed by atoms with E-state index in [4.69, 9.17) is 5.73 Å². The highest BCUT2D eigenvalue weighted by Gasteiger charge is 2.29. The molecule has 0 amide bonds. The predicted molar refractivity (Wildman–Crippen MR) is 83.4 cm³/mol. The van der Waals surface area contributed by atoms with Crippen molar-refractivity contribution in [2.24, 2.45) is 17.6 Å². The maximum absolute atomic E-state index is 14.1. The molecule has 1 saturated carbocycles. The van der Waals surface area contributed by atoms with Crippen molar-refractivity contribution in [1.29, 1.82) is 0 Å². The van der Waals surface area contributed by atoms with Crippen molar-refractivity contribution in [3.63, 3.8) is 0 Å². The van der Waals surface area contributed by atoms with Crippen LogP contribution in [0.4, 0.5) is 10.1 Å². The Morgan fingerprint density at radius 2 is 1.90 bits per heavy atom. The molecule has 1 aromatic rings. The van der Waals surface area contributed by atoms with E-state index in [1.54, 1.807) is 6.07 Å². The average molecular weight is 278 g/mol. The zero-order valence-corrected chi connectivity index (χ0v) is 12.7. The van der Waals surface area contributed by atoms with Gasteiger partial charge in [-0.2, -0.15) is 0 Å². The Morgan fingerprint density at radius 1 is 1.25 bits per heavy atom. The third-order valence-corrected chi connectivity index (χ3v) is 4.75. The summed E-state index contributed by atoms with van der Waals surface area (Å²) in [6, 6.07) is 7.30. The molecule has 1 atom stereocenters. The first-order valence-electron chi connectivity index (χ1n) is 7.88. The van der Waals surface area contributed by atoms with Gasteiger partial charge in [0.15, 0.2) is 0 Å². The molecule has 0 spiro atoms. The van der Waals surface area contributed by atoms with Crippen LogP contribution in [0.5, 0.6) is 0 Å². The minimum absolute atomic E-state index is 0.142. The Morgan fingerprint density at radius 3 is 2.45 bits per heavy atom. The summed E-state index contributed by atoms with van der Waals surface area (Å²) in [5.41, 5.74) is 6.74. The molecule has 2 N–H and O–H groups in total. The molecular weight excluding hydrogens is 251 g/mol. The van der Waals surface area contributed by atoms with Crippen LogP contribution in [-0.4, -0.2) is 19.1 Å². The molecule has 1 aliphatic rings. The van der Waals surface area contributed by atoms with Crippen molar-refractivity contribution < 1.29 is 4.39 Å². The van der Waals surface area contributed by atoms with E-state index in [0.29, 0.717) is 18.2 Å². The zero-order valence-electron chi connectivity index (χ0n) is 12.7. The van der Waals surface area contributed by atoms with Crippen LogP contribution < -0.4 is 10.6 Å². The van der Waals surface area contributed by atoms with Gasteiger partial charge in [0.2, 0.25) is 0 Å². The maximum atomic E-state index is 14.1. The smallest absolute Gasteiger partial charge is 0.146 e. The van der Waals surface area contributed by atoms with E-state index >= 15 is 0 Å². The predicted octanol–water partition coefficient (Wildman–Crippen LogP) is 3.81. The van der Waals surface area contributed by atoms with Crippen molar-refractivity contribution >= 4 is 5.69 Å². The van der Waals surface area contributed by atoms with E-state index in [0.717, 1.165) is 12.5 Å². The molecule has 0 heterocycles. The fraction of sp³-hybridized carbons (Fsp3) is 0.647. The topological polar surface area (TPSA) is 29.3 Å². The van der Waals surface area contributed by atoms with Gasteiger partial charge in [0, 0.05) is 19.1 Å². The molecule has 0 aliphatic heterocycles. The zero-order chi connectivity index (χ0) is 14.5. The fourth-order valence-corrected chi connectivity index (χ4v) is 3.51. The van der Waals surface area contributed by atoms with Crippen LogP contribution in [0.15, 0.2) is 24.3 Å². The summed E-state index contributed by atoms with van der Waals surface area (Å²) in [5, 5.41) is 0. The van der Waals surface area contributed by atoms with Gasteiger partial charge in [0.1, 0.15) is 5.82 Å². The van der Waals surface area contributed by atoms with Gasteiger partial charge in [0.05, 0.1) is 5.69 Å². The second-order valence-electron chi connectivity index (χ2n) is 6.06. The summed E-state index contributed by atoms with van der Waals surface area (Å²) >= 11 is 0. The van der Waals surface area contributed by atoms with Crippen LogP contribution in [0.3, 0.4) is 0 Å². The quantitative estimate of drug-likeness (QED) is 0.887. The highest BCUT2D eigenvalue weighted by atomic mass is 19.1. The number of nitrogens with zero attached hydrogens (tertiary/aromatic N) is 1. The molecule has 3 heteroatoms. The number of halogens is 1. The number of benzene rings is 1. The molecule has 0 radical (unpaired) electrons. The molecule has 1 aliphatic carbocycles. The lowest BCUT2D eigenvalue weighted by Gasteiger charge is -2.40. The van der Waals surface area contributed by atoms with Gasteiger partial charge in [-0.05, 0) is 43.7 Å². The lowest BCUT2D eigenvalue weighted by atomic mass is 9.78. The molecule has 112 valence electrons. The average Bonchev–Trinajstić information content (AvgIpc) is 2.47. The third-order valence-electron chi connectivity index (χ3n) is 4.75. The van der Waals surface area contributed by atoms with Crippen LogP contribution in [-0.2, 0) is 0 Å². The molecule has 1 aromatic carbocycles. The minimum Gasteiger partial charge on any atom is -0.365 e. The van der Waals surface area contributed by atoms with Gasteiger partial charge in [-0.1, -0.05) is 31.9 Å². The van der Waals surface area contributed by atoms with E-state index in [9.17, 15) is 4.39 Å². The van der Waals surface area contributed by atoms with Crippen LogP contribution in [0, 0.1) is 17.7 Å². The van der Waals surface area contributed by atoms with Crippen LogP contribution >= 0.6 is 0 Å². The van der Waals surface area contributed by atoms with Gasteiger partial charge in [-0.3, -0.25) is 0 Å². The summed E-state index contributed by atoms with van der Waals surface area (Å²) in [4.78, 5) is 2.16. The number of hydrogen-bond acceptors (Lipinski definition) is 2.